The molecule has 0 aliphatic rings. The maximum atomic E-state index is 5.54. The van der Waals surface area contributed by atoms with Crippen LogP contribution >= 0.6 is 0 Å². The molecule has 2 heterocycles. The predicted octanol–water partition coefficient (Wildman–Crippen LogP) is 0.770. The van der Waals surface area contributed by atoms with E-state index in [9.17, 15) is 0 Å². The van der Waals surface area contributed by atoms with Crippen molar-refractivity contribution in [3.05, 3.63) is 35.5 Å². The number of nitrogens with zero attached hydrogens (tertiary/aromatic N) is 4. The van der Waals surface area contributed by atoms with E-state index in [1.807, 2.05) is 32.3 Å². The van der Waals surface area contributed by atoms with E-state index in [1.54, 1.807) is 4.68 Å². The first-order chi connectivity index (χ1) is 8.67. The fraction of sp³-hybridized carbons (Fsp3) is 0.500. The molecule has 0 radical (unpaired) electrons. The molecule has 0 spiro atoms. The Labute approximate surface area is 106 Å². The van der Waals surface area contributed by atoms with Crippen LogP contribution in [0.2, 0.25) is 0 Å². The Morgan fingerprint density at radius 3 is 2.89 bits per heavy atom. The summed E-state index contributed by atoms with van der Waals surface area (Å²) in [5, 5.41) is 8.11. The Morgan fingerprint density at radius 2 is 2.22 bits per heavy atom. The van der Waals surface area contributed by atoms with Crippen molar-refractivity contribution in [3.63, 3.8) is 0 Å². The second-order valence-corrected chi connectivity index (χ2v) is 4.45. The fourth-order valence-corrected chi connectivity index (χ4v) is 1.82. The Morgan fingerprint density at radius 1 is 1.39 bits per heavy atom. The van der Waals surface area contributed by atoms with Gasteiger partial charge in [0.05, 0.1) is 18.8 Å². The second kappa shape index (κ2) is 5.79. The van der Waals surface area contributed by atoms with Gasteiger partial charge in [0.2, 0.25) is 0 Å². The molecule has 18 heavy (non-hydrogen) atoms. The van der Waals surface area contributed by atoms with Gasteiger partial charge in [0, 0.05) is 19.3 Å². The number of aromatic nitrogens is 3. The fourth-order valence-electron chi connectivity index (χ4n) is 1.82. The van der Waals surface area contributed by atoms with E-state index in [2.05, 4.69) is 15.2 Å². The molecule has 0 saturated heterocycles. The highest BCUT2D eigenvalue weighted by Crippen LogP contribution is 2.10. The normalized spacial score (nSPS) is 11.3. The molecule has 2 rings (SSSR count). The van der Waals surface area contributed by atoms with Crippen LogP contribution in [0.4, 0.5) is 0 Å². The highest BCUT2D eigenvalue weighted by Gasteiger charge is 2.07. The minimum absolute atomic E-state index is 0.574. The molecule has 0 fully saturated rings. The first-order valence-corrected chi connectivity index (χ1v) is 6.00. The number of furan rings is 1. The summed E-state index contributed by atoms with van der Waals surface area (Å²) >= 11 is 0. The molecule has 0 aliphatic heterocycles. The first kappa shape index (κ1) is 12.8. The average Bonchev–Trinajstić information content (AvgIpc) is 2.89. The summed E-state index contributed by atoms with van der Waals surface area (Å²) in [4.78, 5) is 2.13. The number of aryl methyl sites for hydroxylation is 1. The molecule has 6 heteroatoms. The van der Waals surface area contributed by atoms with Crippen LogP contribution in [0.5, 0.6) is 0 Å². The highest BCUT2D eigenvalue weighted by atomic mass is 16.3. The van der Waals surface area contributed by atoms with Gasteiger partial charge >= 0.3 is 0 Å². The monoisotopic (exact) mass is 249 g/mol. The van der Waals surface area contributed by atoms with Crippen molar-refractivity contribution in [1.29, 1.82) is 0 Å². The van der Waals surface area contributed by atoms with Crippen molar-refractivity contribution in [1.82, 2.24) is 19.9 Å². The van der Waals surface area contributed by atoms with Gasteiger partial charge in [-0.1, -0.05) is 5.21 Å². The van der Waals surface area contributed by atoms with Crippen molar-refractivity contribution < 1.29 is 4.42 Å². The summed E-state index contributed by atoms with van der Waals surface area (Å²) in [6.07, 6.45) is 1.93. The van der Waals surface area contributed by atoms with Crippen LogP contribution in [-0.4, -0.2) is 33.5 Å². The lowest BCUT2D eigenvalue weighted by molar-refractivity contribution is 0.282. The van der Waals surface area contributed by atoms with E-state index >= 15 is 0 Å². The molecule has 0 aliphatic carbocycles. The van der Waals surface area contributed by atoms with Crippen LogP contribution < -0.4 is 5.73 Å². The number of nitrogens with two attached hydrogens (primary N) is 1. The van der Waals surface area contributed by atoms with Gasteiger partial charge in [-0.05, 0) is 26.1 Å². The minimum atomic E-state index is 0.574. The largest absolute Gasteiger partial charge is 0.465 e. The zero-order valence-corrected chi connectivity index (χ0v) is 10.8. The van der Waals surface area contributed by atoms with Crippen LogP contribution in [0.3, 0.4) is 0 Å². The average molecular weight is 249 g/mol. The lowest BCUT2D eigenvalue weighted by Crippen LogP contribution is -2.17. The number of hydrogen-bond donors (Lipinski definition) is 1. The highest BCUT2D eigenvalue weighted by molar-refractivity contribution is 5.05. The maximum absolute atomic E-state index is 5.54. The van der Waals surface area contributed by atoms with Gasteiger partial charge in [0.1, 0.15) is 11.5 Å². The van der Waals surface area contributed by atoms with E-state index in [0.717, 1.165) is 30.3 Å². The zero-order valence-electron chi connectivity index (χ0n) is 10.8. The van der Waals surface area contributed by atoms with Gasteiger partial charge in [-0.2, -0.15) is 0 Å². The third kappa shape index (κ3) is 3.41. The predicted molar refractivity (Wildman–Crippen MR) is 67.7 cm³/mol. The van der Waals surface area contributed by atoms with Gasteiger partial charge in [0.25, 0.3) is 0 Å². The van der Waals surface area contributed by atoms with Crippen molar-refractivity contribution in [2.45, 2.75) is 26.6 Å². The standard InChI is InChI=1S/C12H19N5O/c1-10-3-4-12(18-10)9-16(2)7-11-8-17(6-5-13)15-14-11/h3-4,8H,5-7,9,13H2,1-2H3. The summed E-state index contributed by atoms with van der Waals surface area (Å²) in [5.74, 6) is 1.90. The quantitative estimate of drug-likeness (QED) is 0.818. The molecule has 98 valence electrons. The number of hydrogen-bond acceptors (Lipinski definition) is 5. The Balaban J connectivity index is 1.88. The van der Waals surface area contributed by atoms with Gasteiger partial charge in [0.15, 0.2) is 0 Å². The van der Waals surface area contributed by atoms with Crippen molar-refractivity contribution in [2.24, 2.45) is 5.73 Å². The van der Waals surface area contributed by atoms with Crippen LogP contribution in [0.15, 0.2) is 22.7 Å². The molecule has 0 aromatic carbocycles. The summed E-state index contributed by atoms with van der Waals surface area (Å²) < 4.78 is 7.30. The Kier molecular flexibility index (Phi) is 4.11. The molecule has 0 amide bonds. The maximum Gasteiger partial charge on any atom is 0.118 e. The van der Waals surface area contributed by atoms with E-state index in [0.29, 0.717) is 13.1 Å². The third-order valence-electron chi connectivity index (χ3n) is 2.60. The van der Waals surface area contributed by atoms with Gasteiger partial charge < -0.3 is 10.2 Å². The summed E-state index contributed by atoms with van der Waals surface area (Å²) in [6.45, 7) is 4.72. The van der Waals surface area contributed by atoms with Crippen LogP contribution in [-0.2, 0) is 19.6 Å². The topological polar surface area (TPSA) is 73.1 Å². The minimum Gasteiger partial charge on any atom is -0.465 e. The molecule has 0 saturated carbocycles. The first-order valence-electron chi connectivity index (χ1n) is 6.00. The molecular formula is C12H19N5O. The smallest absolute Gasteiger partial charge is 0.118 e. The van der Waals surface area contributed by atoms with E-state index in [-0.39, 0.29) is 0 Å². The molecule has 6 nitrogen and oxygen atoms in total. The van der Waals surface area contributed by atoms with Crippen LogP contribution in [0.1, 0.15) is 17.2 Å². The van der Waals surface area contributed by atoms with Crippen molar-refractivity contribution >= 4 is 0 Å². The van der Waals surface area contributed by atoms with Crippen molar-refractivity contribution in [3.8, 4) is 0 Å². The van der Waals surface area contributed by atoms with Crippen LogP contribution in [0.25, 0.3) is 0 Å². The SMILES string of the molecule is Cc1ccc(CN(C)Cc2cn(CCN)nn2)o1. The van der Waals surface area contributed by atoms with Gasteiger partial charge in [-0.3, -0.25) is 9.58 Å². The summed E-state index contributed by atoms with van der Waals surface area (Å²) in [7, 11) is 2.03. The molecule has 2 aromatic heterocycles. The molecule has 0 unspecified atom stereocenters. The van der Waals surface area contributed by atoms with E-state index in [4.69, 9.17) is 10.2 Å². The van der Waals surface area contributed by atoms with Crippen LogP contribution in [0, 0.1) is 6.92 Å². The Bertz CT molecular complexity index is 490. The van der Waals surface area contributed by atoms with E-state index < -0.39 is 0 Å². The second-order valence-electron chi connectivity index (χ2n) is 4.45. The molecule has 2 N–H and O–H groups in total. The molecule has 2 aromatic rings. The Hall–Kier alpha value is -1.66. The number of rotatable bonds is 6. The molecule has 0 atom stereocenters. The van der Waals surface area contributed by atoms with Gasteiger partial charge in [-0.15, -0.1) is 5.10 Å². The van der Waals surface area contributed by atoms with Crippen molar-refractivity contribution in [2.75, 3.05) is 13.6 Å². The molecule has 0 bridgehead atoms. The lowest BCUT2D eigenvalue weighted by Gasteiger charge is -2.12. The van der Waals surface area contributed by atoms with Gasteiger partial charge in [-0.25, -0.2) is 0 Å². The summed E-state index contributed by atoms with van der Waals surface area (Å²) in [6, 6.07) is 3.97. The zero-order chi connectivity index (χ0) is 13.0. The molecular weight excluding hydrogens is 230 g/mol. The summed E-state index contributed by atoms with van der Waals surface area (Å²) in [5.41, 5.74) is 6.40. The lowest BCUT2D eigenvalue weighted by atomic mass is 10.3. The third-order valence-corrected chi connectivity index (χ3v) is 2.60. The van der Waals surface area contributed by atoms with E-state index in [1.165, 1.54) is 0 Å².